The second kappa shape index (κ2) is 8.50. The Labute approximate surface area is 112 Å². The third kappa shape index (κ3) is 6.79. The molecule has 0 spiro atoms. The summed E-state index contributed by atoms with van der Waals surface area (Å²) in [6, 6.07) is 0. The van der Waals surface area contributed by atoms with Gasteiger partial charge in [0, 0.05) is 0 Å². The second-order valence-electron chi connectivity index (χ2n) is 4.91. The molecule has 3 atom stereocenters. The highest BCUT2D eigenvalue weighted by Crippen LogP contribution is 2.23. The molecular formula is C13H22O6. The summed E-state index contributed by atoms with van der Waals surface area (Å²) < 4.78 is 0. The number of carboxylic acids is 3. The molecule has 3 N–H and O–H groups in total. The Morgan fingerprint density at radius 2 is 1.32 bits per heavy atom. The van der Waals surface area contributed by atoms with E-state index in [1.807, 2.05) is 6.92 Å². The van der Waals surface area contributed by atoms with Crippen LogP contribution in [0.3, 0.4) is 0 Å². The summed E-state index contributed by atoms with van der Waals surface area (Å²) >= 11 is 0. The topological polar surface area (TPSA) is 112 Å². The van der Waals surface area contributed by atoms with Gasteiger partial charge < -0.3 is 15.3 Å². The van der Waals surface area contributed by atoms with Gasteiger partial charge in [0.1, 0.15) is 0 Å². The standard InChI is InChI=1S/C13H22O6/c1-3-4-9(12(16)17)7-10(13(18)19)6-5-8(2)11(14)15/h8-10H,3-7H2,1-2H3,(H,14,15)(H,16,17)(H,18,19). The SMILES string of the molecule is CCCC(CC(CCC(C)C(=O)O)C(=O)O)C(=O)O. The molecule has 0 saturated carbocycles. The van der Waals surface area contributed by atoms with Crippen LogP contribution < -0.4 is 0 Å². The van der Waals surface area contributed by atoms with Gasteiger partial charge in [-0.3, -0.25) is 14.4 Å². The molecule has 0 saturated heterocycles. The summed E-state index contributed by atoms with van der Waals surface area (Å²) in [4.78, 5) is 32.8. The molecule has 0 amide bonds. The van der Waals surface area contributed by atoms with Crippen LogP contribution in [-0.2, 0) is 14.4 Å². The van der Waals surface area contributed by atoms with Crippen LogP contribution in [0.25, 0.3) is 0 Å². The Morgan fingerprint density at radius 1 is 0.842 bits per heavy atom. The molecule has 6 heteroatoms. The van der Waals surface area contributed by atoms with E-state index in [0.29, 0.717) is 12.8 Å². The monoisotopic (exact) mass is 274 g/mol. The zero-order valence-corrected chi connectivity index (χ0v) is 11.3. The van der Waals surface area contributed by atoms with Gasteiger partial charge >= 0.3 is 17.9 Å². The fourth-order valence-electron chi connectivity index (χ4n) is 1.95. The molecule has 6 nitrogen and oxygen atoms in total. The molecule has 0 aliphatic heterocycles. The lowest BCUT2D eigenvalue weighted by Gasteiger charge is -2.18. The molecule has 0 radical (unpaired) electrons. The fourth-order valence-corrected chi connectivity index (χ4v) is 1.95. The molecule has 0 heterocycles. The summed E-state index contributed by atoms with van der Waals surface area (Å²) in [5.41, 5.74) is 0. The molecule has 3 unspecified atom stereocenters. The summed E-state index contributed by atoms with van der Waals surface area (Å²) in [5.74, 6) is -5.09. The van der Waals surface area contributed by atoms with Crippen molar-refractivity contribution in [1.29, 1.82) is 0 Å². The first-order valence-electron chi connectivity index (χ1n) is 6.47. The summed E-state index contributed by atoms with van der Waals surface area (Å²) in [5, 5.41) is 26.8. The molecule has 0 aromatic rings. The average Bonchev–Trinajstić information content (AvgIpc) is 2.31. The summed E-state index contributed by atoms with van der Waals surface area (Å²) in [7, 11) is 0. The Balaban J connectivity index is 4.51. The van der Waals surface area contributed by atoms with Gasteiger partial charge in [-0.25, -0.2) is 0 Å². The van der Waals surface area contributed by atoms with Crippen molar-refractivity contribution in [2.75, 3.05) is 0 Å². The minimum absolute atomic E-state index is 0.0604. The van der Waals surface area contributed by atoms with Crippen molar-refractivity contribution < 1.29 is 29.7 Å². The quantitative estimate of drug-likeness (QED) is 0.562. The van der Waals surface area contributed by atoms with E-state index in [-0.39, 0.29) is 19.3 Å². The maximum absolute atomic E-state index is 11.1. The van der Waals surface area contributed by atoms with E-state index in [1.165, 1.54) is 6.92 Å². The van der Waals surface area contributed by atoms with Crippen molar-refractivity contribution in [2.45, 2.75) is 46.0 Å². The van der Waals surface area contributed by atoms with E-state index < -0.39 is 35.7 Å². The Morgan fingerprint density at radius 3 is 1.68 bits per heavy atom. The molecule has 0 rings (SSSR count). The first-order valence-corrected chi connectivity index (χ1v) is 6.47. The first kappa shape index (κ1) is 17.4. The number of carboxylic acid groups (broad SMARTS) is 3. The third-order valence-electron chi connectivity index (χ3n) is 3.27. The van der Waals surface area contributed by atoms with Gasteiger partial charge in [0.15, 0.2) is 0 Å². The maximum Gasteiger partial charge on any atom is 0.306 e. The average molecular weight is 274 g/mol. The highest BCUT2D eigenvalue weighted by atomic mass is 16.4. The molecule has 0 aromatic carbocycles. The number of aliphatic carboxylic acids is 3. The van der Waals surface area contributed by atoms with Gasteiger partial charge in [-0.05, 0) is 25.7 Å². The molecule has 0 aromatic heterocycles. The molecule has 0 aliphatic carbocycles. The summed E-state index contributed by atoms with van der Waals surface area (Å²) in [6.07, 6.45) is 1.61. The molecule has 0 aliphatic rings. The van der Waals surface area contributed by atoms with Crippen LogP contribution >= 0.6 is 0 Å². The zero-order chi connectivity index (χ0) is 15.0. The van der Waals surface area contributed by atoms with Gasteiger partial charge in [0.2, 0.25) is 0 Å². The Kier molecular flexibility index (Phi) is 7.79. The third-order valence-corrected chi connectivity index (χ3v) is 3.27. The predicted molar refractivity (Wildman–Crippen MR) is 67.8 cm³/mol. The lowest BCUT2D eigenvalue weighted by molar-refractivity contribution is -0.147. The highest BCUT2D eigenvalue weighted by molar-refractivity contribution is 5.74. The maximum atomic E-state index is 11.1. The molecule has 19 heavy (non-hydrogen) atoms. The van der Waals surface area contributed by atoms with Crippen LogP contribution in [0.1, 0.15) is 46.0 Å². The second-order valence-corrected chi connectivity index (χ2v) is 4.91. The van der Waals surface area contributed by atoms with E-state index in [1.54, 1.807) is 0 Å². The first-order chi connectivity index (χ1) is 8.79. The van der Waals surface area contributed by atoms with Crippen LogP contribution in [0.5, 0.6) is 0 Å². The van der Waals surface area contributed by atoms with Crippen molar-refractivity contribution in [3.63, 3.8) is 0 Å². The van der Waals surface area contributed by atoms with Crippen molar-refractivity contribution in [2.24, 2.45) is 17.8 Å². The van der Waals surface area contributed by atoms with Gasteiger partial charge in [-0.1, -0.05) is 20.3 Å². The van der Waals surface area contributed by atoms with E-state index in [0.717, 1.165) is 0 Å². The van der Waals surface area contributed by atoms with Crippen molar-refractivity contribution in [3.05, 3.63) is 0 Å². The van der Waals surface area contributed by atoms with Gasteiger partial charge in [-0.15, -0.1) is 0 Å². The zero-order valence-electron chi connectivity index (χ0n) is 11.3. The lowest BCUT2D eigenvalue weighted by Crippen LogP contribution is -2.24. The predicted octanol–water partition coefficient (Wildman–Crippen LogP) is 2.08. The minimum Gasteiger partial charge on any atom is -0.481 e. The van der Waals surface area contributed by atoms with E-state index in [4.69, 9.17) is 15.3 Å². The van der Waals surface area contributed by atoms with Crippen LogP contribution in [0.4, 0.5) is 0 Å². The number of rotatable bonds is 10. The largest absolute Gasteiger partial charge is 0.481 e. The van der Waals surface area contributed by atoms with Gasteiger partial charge in [0.05, 0.1) is 17.8 Å². The lowest BCUT2D eigenvalue weighted by atomic mass is 9.87. The normalized spacial score (nSPS) is 15.5. The van der Waals surface area contributed by atoms with Gasteiger partial charge in [-0.2, -0.15) is 0 Å². The number of hydrogen-bond acceptors (Lipinski definition) is 3. The van der Waals surface area contributed by atoms with Crippen LogP contribution in [0.2, 0.25) is 0 Å². The molecule has 0 fully saturated rings. The Hall–Kier alpha value is -1.59. The highest BCUT2D eigenvalue weighted by Gasteiger charge is 2.27. The van der Waals surface area contributed by atoms with E-state index in [2.05, 4.69) is 0 Å². The van der Waals surface area contributed by atoms with Crippen molar-refractivity contribution in [3.8, 4) is 0 Å². The number of hydrogen-bond donors (Lipinski definition) is 3. The van der Waals surface area contributed by atoms with Gasteiger partial charge in [0.25, 0.3) is 0 Å². The molecule has 0 bridgehead atoms. The number of carbonyl (C=O) groups is 3. The summed E-state index contributed by atoms with van der Waals surface area (Å²) in [6.45, 7) is 3.36. The molecule has 110 valence electrons. The van der Waals surface area contributed by atoms with E-state index >= 15 is 0 Å². The van der Waals surface area contributed by atoms with E-state index in [9.17, 15) is 14.4 Å². The molecular weight excluding hydrogens is 252 g/mol. The van der Waals surface area contributed by atoms with Crippen molar-refractivity contribution in [1.82, 2.24) is 0 Å². The van der Waals surface area contributed by atoms with Crippen LogP contribution in [0.15, 0.2) is 0 Å². The fraction of sp³-hybridized carbons (Fsp3) is 0.769. The Bertz CT molecular complexity index is 325. The van der Waals surface area contributed by atoms with Crippen molar-refractivity contribution >= 4 is 17.9 Å². The van der Waals surface area contributed by atoms with Crippen LogP contribution in [-0.4, -0.2) is 33.2 Å². The minimum atomic E-state index is -1.06. The van der Waals surface area contributed by atoms with Crippen LogP contribution in [0, 0.1) is 17.8 Å². The smallest absolute Gasteiger partial charge is 0.306 e.